The van der Waals surface area contributed by atoms with Crippen LogP contribution >= 0.6 is 34.8 Å². The Bertz CT molecular complexity index is 5880. The first-order valence-electron chi connectivity index (χ1n) is 42.3. The maximum Gasteiger partial charge on any atom is 0.410 e. The number of hydrogen-bond donors (Lipinski definition) is 5. The average molecular weight is 1780 g/mol. The lowest BCUT2D eigenvalue weighted by Crippen LogP contribution is -2.51. The molecule has 0 spiro atoms. The molecule has 16 rings (SSSR count). The van der Waals surface area contributed by atoms with Crippen molar-refractivity contribution in [2.45, 2.75) is 123 Å². The first kappa shape index (κ1) is 90.7. The number of aryl methyl sites for hydroxylation is 3. The molecule has 0 saturated carbocycles. The number of aromatic nitrogens is 9. The monoisotopic (exact) mass is 1770 g/mol. The fourth-order valence-corrected chi connectivity index (χ4v) is 17.6. The summed E-state index contributed by atoms with van der Waals surface area (Å²) >= 11 is 19.9. The molecule has 9 heterocycles. The van der Waals surface area contributed by atoms with Crippen molar-refractivity contribution in [2.24, 2.45) is 21.1 Å². The number of nitrogens with zero attached hydrogens (tertiary/aromatic N) is 16. The van der Waals surface area contributed by atoms with E-state index in [0.717, 1.165) is 101 Å². The second-order valence-electron chi connectivity index (χ2n) is 34.5. The van der Waals surface area contributed by atoms with Gasteiger partial charge in [0.15, 0.2) is 5.69 Å². The van der Waals surface area contributed by atoms with Crippen molar-refractivity contribution in [1.82, 2.24) is 94.3 Å². The third-order valence-electron chi connectivity index (χ3n) is 22.8. The number of pyridine rings is 3. The largest absolute Gasteiger partial charge is 0.447 e. The van der Waals surface area contributed by atoms with Gasteiger partial charge in [-0.25, -0.2) is 39.0 Å². The Morgan fingerprint density at radius 1 is 0.472 bits per heavy atom. The summed E-state index contributed by atoms with van der Waals surface area (Å²) in [5.74, 6) is -0.313. The molecule has 6 aromatic heterocycles. The summed E-state index contributed by atoms with van der Waals surface area (Å²) in [5.41, 5.74) is 16.8. The van der Waals surface area contributed by atoms with Crippen LogP contribution in [0.5, 0.6) is 0 Å². The van der Waals surface area contributed by atoms with Crippen LogP contribution in [0.25, 0.3) is 39.8 Å². The molecule has 4 aromatic carbocycles. The Morgan fingerprint density at radius 3 is 1.15 bits per heavy atom. The van der Waals surface area contributed by atoms with Crippen molar-refractivity contribution in [3.05, 3.63) is 282 Å². The highest BCUT2D eigenvalue weighted by molar-refractivity contribution is 6.31. The highest BCUT2D eigenvalue weighted by Crippen LogP contribution is 2.49. The first-order chi connectivity index (χ1) is 60.7. The van der Waals surface area contributed by atoms with Crippen LogP contribution in [0.1, 0.15) is 190 Å². The van der Waals surface area contributed by atoms with E-state index in [0.29, 0.717) is 105 Å². The van der Waals surface area contributed by atoms with E-state index in [2.05, 4.69) is 91.4 Å². The number of imidazole rings is 3. The lowest BCUT2D eigenvalue weighted by molar-refractivity contribution is -0.120. The molecule has 660 valence electrons. The van der Waals surface area contributed by atoms with E-state index in [1.807, 2.05) is 181 Å². The lowest BCUT2D eigenvalue weighted by atomic mass is 9.89. The van der Waals surface area contributed by atoms with Crippen LogP contribution in [0.3, 0.4) is 0 Å². The normalized spacial score (nSPS) is 17.6. The molecule has 10 aromatic rings. The summed E-state index contributed by atoms with van der Waals surface area (Å²) < 4.78 is 16.8. The molecule has 5 N–H and O–H groups in total. The third-order valence-corrected chi connectivity index (χ3v) is 23.6. The summed E-state index contributed by atoms with van der Waals surface area (Å²) in [5, 5.41) is 17.3. The molecule has 127 heavy (non-hydrogen) atoms. The van der Waals surface area contributed by atoms with Gasteiger partial charge < -0.3 is 64.5 Å². The van der Waals surface area contributed by atoms with Gasteiger partial charge >= 0.3 is 24.2 Å². The minimum atomic E-state index is -0.555. The highest BCUT2D eigenvalue weighted by atomic mass is 35.5. The van der Waals surface area contributed by atoms with Crippen LogP contribution < -0.4 is 26.6 Å². The zero-order chi connectivity index (χ0) is 90.3. The molecule has 3 saturated heterocycles. The van der Waals surface area contributed by atoms with Crippen molar-refractivity contribution in [3.8, 4) is 0 Å². The van der Waals surface area contributed by atoms with E-state index >= 15 is 0 Å². The number of carbonyl (C=O) groups excluding carboxylic acids is 6. The zero-order valence-corrected chi connectivity index (χ0v) is 75.7. The SMILES string of the molecule is CC(=O)NC(C1=Cc2cccnc2[C@@H](N2CCN(C(=O)OC(C)C)CC2)c2ccc(Cl)cc21)c1cncn1C.Cn1cncc1C(NC(=O)NC(C)(C)C)C1=Cc2cccnc2[C@@H](N2CCN(C(=O)OC(C)(C)C)CC2)c2ccc(Cl)cc21.[C-]#[N+]c1ccc(NC(=O)N2CCN([C@H]3c4ccc(Cl)cc4C(C(NC(C)=O)c4cncn4C)=Cc4cccnc43)CC2)cc1. The topological polar surface area (TPSA) is 297 Å². The van der Waals surface area contributed by atoms with Crippen LogP contribution in [0.15, 0.2) is 171 Å². The van der Waals surface area contributed by atoms with Crippen LogP contribution in [0.4, 0.5) is 30.6 Å². The number of carbonyl (C=O) groups is 6. The molecular formula is C95H106Cl3N21O8. The van der Waals surface area contributed by atoms with Crippen LogP contribution in [0.2, 0.25) is 15.1 Å². The van der Waals surface area contributed by atoms with Crippen molar-refractivity contribution >= 4 is 117 Å². The first-order valence-corrected chi connectivity index (χ1v) is 43.5. The van der Waals surface area contributed by atoms with Crippen molar-refractivity contribution in [1.29, 1.82) is 0 Å². The highest BCUT2D eigenvalue weighted by Gasteiger charge is 2.42. The van der Waals surface area contributed by atoms with Gasteiger partial charge in [0.25, 0.3) is 0 Å². The molecular weight excluding hydrogens is 1670 g/mol. The van der Waals surface area contributed by atoms with Crippen LogP contribution in [0, 0.1) is 6.57 Å². The molecule has 3 unspecified atom stereocenters. The van der Waals surface area contributed by atoms with Crippen LogP contribution in [-0.4, -0.2) is 205 Å². The van der Waals surface area contributed by atoms with E-state index in [-0.39, 0.29) is 60.3 Å². The number of amides is 8. The smallest absolute Gasteiger partial charge is 0.410 e. The molecule has 8 amide bonds. The number of hydrogen-bond acceptors (Lipinski definition) is 17. The number of halogens is 3. The van der Waals surface area contributed by atoms with E-state index in [9.17, 15) is 28.8 Å². The molecule has 0 radical (unpaired) electrons. The number of ether oxygens (including phenoxy) is 2. The van der Waals surface area contributed by atoms with E-state index < -0.39 is 29.3 Å². The second kappa shape index (κ2) is 39.1. The third kappa shape index (κ3) is 21.3. The quantitative estimate of drug-likeness (QED) is 0.0632. The number of benzene rings is 4. The average Bonchev–Trinajstić information content (AvgIpc) is 1.63. The number of urea groups is 2. The molecule has 3 aliphatic heterocycles. The Kier molecular flexibility index (Phi) is 27.9. The number of nitrogens with one attached hydrogen (secondary N) is 5. The molecule has 32 heteroatoms. The van der Waals surface area contributed by atoms with E-state index in [1.165, 1.54) is 13.8 Å². The standard InChI is InChI=1S/C33H31ClN8O2.C33H42ClN7O3.C29H33ClN6O3/c1-21(43)38-31(29-19-36-20-40(29)3)28-17-22-5-4-12-37-30(22)32(26-11-6-23(34)18-27(26)28)41-13-15-42(16-14-41)33(44)39-25-9-7-24(35-2)8-10-25;1-32(2,3)38-30(42)37-28(26-19-35-20-39(26)7)25-17-21-9-8-12-36-27(21)29(23-11-10-22(34)18-24(23)25)40-13-15-41(16-14-40)31(43)44-33(4,5)6;1-18(2)39-29(38)36-12-10-35(11-13-36)28-22-8-7-21(30)15-23(22)24(14-20-6-5-9-32-26(20)28)27(33-19(3)37)25-16-31-17-34(25)4/h4-12,17-20,31-32H,13-16H2,1,3H3,(H,38,43)(H,39,44);8-12,17-20,28-29H,13-16H2,1-7H3,(H2,37,38,42);5-9,14-18,27-28H,10-13H2,1-4H3,(H,33,37)/t31?,32-;28?,29-;27?,28-/m000/s1. The fraction of sp³-hybridized carbons (Fsp3) is 0.358. The van der Waals surface area contributed by atoms with Gasteiger partial charge in [-0.2, -0.15) is 0 Å². The minimum absolute atomic E-state index is 0.151. The minimum Gasteiger partial charge on any atom is -0.447 e. The fourth-order valence-electron chi connectivity index (χ4n) is 17.1. The maximum absolute atomic E-state index is 13.3. The molecule has 3 aliphatic carbocycles. The van der Waals surface area contributed by atoms with Gasteiger partial charge in [0.1, 0.15) is 5.60 Å². The van der Waals surface area contributed by atoms with Gasteiger partial charge in [-0.15, -0.1) is 0 Å². The molecule has 6 aliphatic rings. The summed E-state index contributed by atoms with van der Waals surface area (Å²) in [4.78, 5) is 120. The molecule has 0 bridgehead atoms. The predicted molar refractivity (Wildman–Crippen MR) is 492 cm³/mol. The Hall–Kier alpha value is -12.6. The Balaban J connectivity index is 0.000000155. The summed E-state index contributed by atoms with van der Waals surface area (Å²) in [6, 6.07) is 33.9. The summed E-state index contributed by atoms with van der Waals surface area (Å²) in [6.45, 7) is 32.4. The van der Waals surface area contributed by atoms with Crippen molar-refractivity contribution in [2.75, 3.05) is 83.9 Å². The number of rotatable bonds is 14. The summed E-state index contributed by atoms with van der Waals surface area (Å²) in [6.07, 6.45) is 21.4. The van der Waals surface area contributed by atoms with Gasteiger partial charge in [-0.05, 0) is 207 Å². The Morgan fingerprint density at radius 2 is 0.827 bits per heavy atom. The number of fused-ring (bicyclic) bond motifs is 6. The van der Waals surface area contributed by atoms with Crippen molar-refractivity contribution < 1.29 is 38.2 Å². The predicted octanol–water partition coefficient (Wildman–Crippen LogP) is 15.9. The van der Waals surface area contributed by atoms with Gasteiger partial charge in [0.05, 0.1) is 121 Å². The zero-order valence-electron chi connectivity index (χ0n) is 73.5. The van der Waals surface area contributed by atoms with Gasteiger partial charge in [-0.3, -0.25) is 39.2 Å². The summed E-state index contributed by atoms with van der Waals surface area (Å²) in [7, 11) is 5.73. The van der Waals surface area contributed by atoms with E-state index in [4.69, 9.17) is 65.8 Å². The van der Waals surface area contributed by atoms with Gasteiger partial charge in [0, 0.05) is 158 Å². The number of anilines is 1. The second-order valence-corrected chi connectivity index (χ2v) is 35.9. The maximum atomic E-state index is 13.3. The van der Waals surface area contributed by atoms with Gasteiger partial charge in [-0.1, -0.05) is 83.3 Å². The van der Waals surface area contributed by atoms with Crippen LogP contribution in [-0.2, 0) is 40.2 Å². The number of piperazine rings is 3. The molecule has 6 atom stereocenters. The van der Waals surface area contributed by atoms with Crippen molar-refractivity contribution in [3.63, 3.8) is 0 Å². The molecule has 29 nitrogen and oxygen atoms in total. The Labute approximate surface area is 755 Å². The van der Waals surface area contributed by atoms with Gasteiger partial charge in [0.2, 0.25) is 11.8 Å². The molecule has 3 fully saturated rings. The van der Waals surface area contributed by atoms with E-state index in [1.54, 1.807) is 82.7 Å². The lowest BCUT2D eigenvalue weighted by Gasteiger charge is -2.40.